The van der Waals surface area contributed by atoms with Crippen LogP contribution in [0.25, 0.3) is 10.2 Å². The Balaban J connectivity index is 1.75. The smallest absolute Gasteiger partial charge is 0.270 e. The molecule has 4 rings (SSSR count). The van der Waals surface area contributed by atoms with Crippen molar-refractivity contribution < 1.29 is 9.53 Å². The summed E-state index contributed by atoms with van der Waals surface area (Å²) in [7, 11) is 1.63. The van der Waals surface area contributed by atoms with Gasteiger partial charge < -0.3 is 4.74 Å². The molecule has 0 bridgehead atoms. The largest absolute Gasteiger partial charge is 0.497 e. The van der Waals surface area contributed by atoms with E-state index in [9.17, 15) is 4.79 Å². The first-order valence-electron chi connectivity index (χ1n) is 8.20. The summed E-state index contributed by atoms with van der Waals surface area (Å²) in [6.07, 6.45) is 0. The molecule has 0 saturated heterocycles. The van der Waals surface area contributed by atoms with E-state index in [1.54, 1.807) is 12.0 Å². The van der Waals surface area contributed by atoms with E-state index in [-0.39, 0.29) is 5.91 Å². The summed E-state index contributed by atoms with van der Waals surface area (Å²) in [6, 6.07) is 19.4. The standard InChI is InChI=1S/C20H15BrN2O2S2/c1-25-14-7-8-16-15(11-14)22-20(27-16)23(12-13-5-3-2-4-6-13)19(24)17-9-10-18(21)26-17/h2-11H,12H2,1H3. The topological polar surface area (TPSA) is 42.4 Å². The van der Waals surface area contributed by atoms with E-state index in [0.717, 1.165) is 25.3 Å². The number of benzene rings is 2. The second-order valence-electron chi connectivity index (χ2n) is 5.81. The summed E-state index contributed by atoms with van der Waals surface area (Å²) in [6.45, 7) is 0.464. The summed E-state index contributed by atoms with van der Waals surface area (Å²) in [5.41, 5.74) is 1.88. The number of hydrogen-bond donors (Lipinski definition) is 0. The second-order valence-corrected chi connectivity index (χ2v) is 9.28. The van der Waals surface area contributed by atoms with Gasteiger partial charge in [-0.1, -0.05) is 41.7 Å². The van der Waals surface area contributed by atoms with Crippen LogP contribution in [0.15, 0.2) is 64.5 Å². The van der Waals surface area contributed by atoms with Gasteiger partial charge in [0.2, 0.25) is 0 Å². The van der Waals surface area contributed by atoms with E-state index in [0.29, 0.717) is 16.6 Å². The highest BCUT2D eigenvalue weighted by atomic mass is 79.9. The Morgan fingerprint density at radius 3 is 2.63 bits per heavy atom. The van der Waals surface area contributed by atoms with E-state index >= 15 is 0 Å². The van der Waals surface area contributed by atoms with E-state index in [4.69, 9.17) is 9.72 Å². The number of carbonyl (C=O) groups is 1. The Morgan fingerprint density at radius 2 is 1.93 bits per heavy atom. The minimum atomic E-state index is -0.0550. The Labute approximate surface area is 173 Å². The van der Waals surface area contributed by atoms with Crippen molar-refractivity contribution in [3.05, 3.63) is 74.9 Å². The molecule has 4 nitrogen and oxygen atoms in total. The molecular formula is C20H15BrN2O2S2. The molecule has 0 N–H and O–H groups in total. The van der Waals surface area contributed by atoms with Crippen LogP contribution in [-0.2, 0) is 6.54 Å². The van der Waals surface area contributed by atoms with Gasteiger partial charge in [-0.05, 0) is 45.8 Å². The van der Waals surface area contributed by atoms with Crippen molar-refractivity contribution in [1.82, 2.24) is 4.98 Å². The lowest BCUT2D eigenvalue weighted by Gasteiger charge is -2.19. The molecule has 4 aromatic rings. The lowest BCUT2D eigenvalue weighted by atomic mass is 10.2. The van der Waals surface area contributed by atoms with E-state index < -0.39 is 0 Å². The summed E-state index contributed by atoms with van der Waals surface area (Å²) in [5.74, 6) is 0.697. The fraction of sp³-hybridized carbons (Fsp3) is 0.100. The molecule has 0 saturated carbocycles. The number of nitrogens with zero attached hydrogens (tertiary/aromatic N) is 2. The second kappa shape index (κ2) is 7.80. The minimum absolute atomic E-state index is 0.0550. The van der Waals surface area contributed by atoms with Crippen molar-refractivity contribution in [3.8, 4) is 5.75 Å². The Morgan fingerprint density at radius 1 is 1.11 bits per heavy atom. The van der Waals surface area contributed by atoms with Gasteiger partial charge in [0.15, 0.2) is 5.13 Å². The number of thiophene rings is 1. The number of thiazole rings is 1. The van der Waals surface area contributed by atoms with Crippen molar-refractivity contribution in [2.45, 2.75) is 6.54 Å². The summed E-state index contributed by atoms with van der Waals surface area (Å²) in [5, 5.41) is 0.677. The maximum atomic E-state index is 13.2. The van der Waals surface area contributed by atoms with Gasteiger partial charge in [0.1, 0.15) is 5.75 Å². The number of halogens is 1. The average Bonchev–Trinajstić information content (AvgIpc) is 3.31. The molecule has 0 aliphatic heterocycles. The third-order valence-electron chi connectivity index (χ3n) is 4.03. The molecule has 27 heavy (non-hydrogen) atoms. The van der Waals surface area contributed by atoms with Gasteiger partial charge in [-0.25, -0.2) is 4.98 Å². The predicted molar refractivity (Wildman–Crippen MR) is 115 cm³/mol. The minimum Gasteiger partial charge on any atom is -0.497 e. The normalized spacial score (nSPS) is 10.9. The van der Waals surface area contributed by atoms with E-state index in [1.807, 2.05) is 60.7 Å². The lowest BCUT2D eigenvalue weighted by Crippen LogP contribution is -2.29. The summed E-state index contributed by atoms with van der Waals surface area (Å²) in [4.78, 5) is 20.3. The highest BCUT2D eigenvalue weighted by Gasteiger charge is 2.23. The molecule has 0 atom stereocenters. The molecule has 7 heteroatoms. The fourth-order valence-corrected chi connectivity index (χ4v) is 4.97. The van der Waals surface area contributed by atoms with Crippen molar-refractivity contribution in [3.63, 3.8) is 0 Å². The molecule has 1 amide bonds. The first kappa shape index (κ1) is 18.2. The van der Waals surface area contributed by atoms with E-state index in [1.165, 1.54) is 22.7 Å². The SMILES string of the molecule is COc1ccc2sc(N(Cc3ccccc3)C(=O)c3ccc(Br)s3)nc2c1. The molecule has 2 aromatic carbocycles. The zero-order chi connectivity index (χ0) is 18.8. The lowest BCUT2D eigenvalue weighted by molar-refractivity contribution is 0.0989. The third-order valence-corrected chi connectivity index (χ3v) is 6.70. The number of fused-ring (bicyclic) bond motifs is 1. The number of aromatic nitrogens is 1. The van der Waals surface area contributed by atoms with E-state index in [2.05, 4.69) is 15.9 Å². The fourth-order valence-electron chi connectivity index (χ4n) is 2.69. The quantitative estimate of drug-likeness (QED) is 0.369. The highest BCUT2D eigenvalue weighted by molar-refractivity contribution is 9.11. The number of ether oxygens (including phenoxy) is 1. The van der Waals surface area contributed by atoms with Crippen LogP contribution in [0.3, 0.4) is 0 Å². The molecule has 136 valence electrons. The molecule has 0 aliphatic carbocycles. The van der Waals surface area contributed by atoms with Crippen LogP contribution in [0.4, 0.5) is 5.13 Å². The van der Waals surface area contributed by atoms with Crippen LogP contribution in [0, 0.1) is 0 Å². The summed E-state index contributed by atoms with van der Waals surface area (Å²) < 4.78 is 7.24. The maximum Gasteiger partial charge on any atom is 0.270 e. The molecule has 0 aliphatic rings. The molecule has 0 spiro atoms. The number of amides is 1. The predicted octanol–water partition coefficient (Wildman–Crippen LogP) is 5.98. The van der Waals surface area contributed by atoms with Crippen molar-refractivity contribution in [1.29, 1.82) is 0 Å². The van der Waals surface area contributed by atoms with Gasteiger partial charge in [-0.15, -0.1) is 11.3 Å². The zero-order valence-corrected chi connectivity index (χ0v) is 17.6. The van der Waals surface area contributed by atoms with Crippen LogP contribution in [0.2, 0.25) is 0 Å². The van der Waals surface area contributed by atoms with Gasteiger partial charge in [0.05, 0.1) is 32.5 Å². The molecule has 2 aromatic heterocycles. The number of rotatable bonds is 5. The van der Waals surface area contributed by atoms with Crippen LogP contribution < -0.4 is 9.64 Å². The first-order valence-corrected chi connectivity index (χ1v) is 10.6. The van der Waals surface area contributed by atoms with Crippen molar-refractivity contribution in [2.75, 3.05) is 12.0 Å². The number of carbonyl (C=O) groups excluding carboxylic acids is 1. The van der Waals surface area contributed by atoms with Gasteiger partial charge in [-0.3, -0.25) is 9.69 Å². The number of hydrogen-bond acceptors (Lipinski definition) is 5. The molecule has 0 fully saturated rings. The van der Waals surface area contributed by atoms with Crippen molar-refractivity contribution in [2.24, 2.45) is 0 Å². The third kappa shape index (κ3) is 3.90. The Kier molecular flexibility index (Phi) is 5.24. The van der Waals surface area contributed by atoms with Crippen LogP contribution in [-0.4, -0.2) is 18.0 Å². The highest BCUT2D eigenvalue weighted by Crippen LogP contribution is 2.34. The summed E-state index contributed by atoms with van der Waals surface area (Å²) >= 11 is 6.37. The van der Waals surface area contributed by atoms with Gasteiger partial charge in [0, 0.05) is 6.07 Å². The number of anilines is 1. The first-order chi connectivity index (χ1) is 13.1. The zero-order valence-electron chi connectivity index (χ0n) is 14.4. The van der Waals surface area contributed by atoms with Gasteiger partial charge >= 0.3 is 0 Å². The molecular weight excluding hydrogens is 444 g/mol. The van der Waals surface area contributed by atoms with Crippen LogP contribution in [0.5, 0.6) is 5.75 Å². The maximum absolute atomic E-state index is 13.2. The van der Waals surface area contributed by atoms with Crippen molar-refractivity contribution >= 4 is 59.9 Å². The Hall–Kier alpha value is -2.22. The van der Waals surface area contributed by atoms with Gasteiger partial charge in [-0.2, -0.15) is 0 Å². The van der Waals surface area contributed by atoms with Crippen LogP contribution in [0.1, 0.15) is 15.2 Å². The van der Waals surface area contributed by atoms with Crippen LogP contribution >= 0.6 is 38.6 Å². The number of methoxy groups -OCH3 is 1. The molecule has 2 heterocycles. The Bertz CT molecular complexity index is 1090. The molecule has 0 unspecified atom stereocenters. The van der Waals surface area contributed by atoms with Gasteiger partial charge in [0.25, 0.3) is 5.91 Å². The monoisotopic (exact) mass is 458 g/mol. The molecule has 0 radical (unpaired) electrons. The average molecular weight is 459 g/mol.